The zero-order chi connectivity index (χ0) is 13.8. The standard InChI is InChI=1S/C18H21NO/c20-18-11-17(16-9-5-2-6-10-16)13-19(14-18)12-15-7-3-1-4-8-15/h1-10,17-18,20H,11-14H2/t17-,18+/m0/s1. The van der Waals surface area contributed by atoms with Gasteiger partial charge in [0.15, 0.2) is 0 Å². The zero-order valence-corrected chi connectivity index (χ0v) is 11.7. The molecule has 0 unspecified atom stereocenters. The highest BCUT2D eigenvalue weighted by molar-refractivity contribution is 5.21. The van der Waals surface area contributed by atoms with Crippen molar-refractivity contribution >= 4 is 0 Å². The van der Waals surface area contributed by atoms with Crippen molar-refractivity contribution in [2.75, 3.05) is 13.1 Å². The number of aliphatic hydroxyl groups is 1. The summed E-state index contributed by atoms with van der Waals surface area (Å²) in [6, 6.07) is 21.0. The molecule has 2 heteroatoms. The summed E-state index contributed by atoms with van der Waals surface area (Å²) in [7, 11) is 0. The van der Waals surface area contributed by atoms with Crippen LogP contribution in [0, 0.1) is 0 Å². The molecule has 2 aromatic rings. The van der Waals surface area contributed by atoms with E-state index in [1.165, 1.54) is 11.1 Å². The van der Waals surface area contributed by atoms with Crippen molar-refractivity contribution in [3.05, 3.63) is 71.8 Å². The Bertz CT molecular complexity index is 526. The van der Waals surface area contributed by atoms with E-state index >= 15 is 0 Å². The van der Waals surface area contributed by atoms with Gasteiger partial charge in [0, 0.05) is 19.6 Å². The molecule has 104 valence electrons. The highest BCUT2D eigenvalue weighted by atomic mass is 16.3. The fourth-order valence-electron chi connectivity index (χ4n) is 3.10. The third-order valence-electron chi connectivity index (χ3n) is 4.02. The van der Waals surface area contributed by atoms with Gasteiger partial charge in [0.1, 0.15) is 0 Å². The van der Waals surface area contributed by atoms with Crippen molar-refractivity contribution in [3.63, 3.8) is 0 Å². The largest absolute Gasteiger partial charge is 0.392 e. The smallest absolute Gasteiger partial charge is 0.0673 e. The molecule has 2 atom stereocenters. The molecule has 0 aliphatic carbocycles. The molecule has 0 aromatic heterocycles. The van der Waals surface area contributed by atoms with Crippen LogP contribution in [0.5, 0.6) is 0 Å². The maximum Gasteiger partial charge on any atom is 0.0673 e. The predicted molar refractivity (Wildman–Crippen MR) is 81.5 cm³/mol. The van der Waals surface area contributed by atoms with Gasteiger partial charge in [-0.3, -0.25) is 4.90 Å². The van der Waals surface area contributed by atoms with Gasteiger partial charge in [-0.1, -0.05) is 60.7 Å². The molecule has 0 bridgehead atoms. The summed E-state index contributed by atoms with van der Waals surface area (Å²) in [5.41, 5.74) is 2.65. The molecular weight excluding hydrogens is 246 g/mol. The zero-order valence-electron chi connectivity index (χ0n) is 11.7. The van der Waals surface area contributed by atoms with E-state index in [1.807, 2.05) is 12.1 Å². The van der Waals surface area contributed by atoms with Gasteiger partial charge in [0.2, 0.25) is 0 Å². The van der Waals surface area contributed by atoms with Crippen LogP contribution in [0.3, 0.4) is 0 Å². The molecule has 1 N–H and O–H groups in total. The number of nitrogens with zero attached hydrogens (tertiary/aromatic N) is 1. The number of hydrogen-bond acceptors (Lipinski definition) is 2. The Labute approximate surface area is 120 Å². The molecule has 0 radical (unpaired) electrons. The van der Waals surface area contributed by atoms with Crippen molar-refractivity contribution in [2.24, 2.45) is 0 Å². The van der Waals surface area contributed by atoms with Gasteiger partial charge in [-0.15, -0.1) is 0 Å². The third-order valence-corrected chi connectivity index (χ3v) is 4.02. The Kier molecular flexibility index (Phi) is 4.14. The van der Waals surface area contributed by atoms with E-state index in [0.29, 0.717) is 5.92 Å². The van der Waals surface area contributed by atoms with E-state index in [0.717, 1.165) is 26.1 Å². The first kappa shape index (κ1) is 13.3. The van der Waals surface area contributed by atoms with Crippen LogP contribution in [0.15, 0.2) is 60.7 Å². The topological polar surface area (TPSA) is 23.5 Å². The lowest BCUT2D eigenvalue weighted by Crippen LogP contribution is -2.41. The lowest BCUT2D eigenvalue weighted by Gasteiger charge is -2.36. The second-order valence-corrected chi connectivity index (χ2v) is 5.68. The minimum atomic E-state index is -0.224. The number of benzene rings is 2. The van der Waals surface area contributed by atoms with Gasteiger partial charge in [-0.25, -0.2) is 0 Å². The molecule has 0 amide bonds. The molecule has 0 spiro atoms. The molecule has 3 rings (SSSR count). The van der Waals surface area contributed by atoms with Crippen molar-refractivity contribution < 1.29 is 5.11 Å². The summed E-state index contributed by atoms with van der Waals surface area (Å²) >= 11 is 0. The normalized spacial score (nSPS) is 23.6. The number of β-amino-alcohol motifs (C(OH)–C–C–N with tert-alkyl or cyclic N) is 1. The minimum absolute atomic E-state index is 0.224. The van der Waals surface area contributed by atoms with Gasteiger partial charge in [-0.2, -0.15) is 0 Å². The number of likely N-dealkylation sites (tertiary alicyclic amines) is 1. The molecule has 1 aliphatic heterocycles. The fourth-order valence-corrected chi connectivity index (χ4v) is 3.10. The summed E-state index contributed by atoms with van der Waals surface area (Å²) in [5.74, 6) is 0.434. The summed E-state index contributed by atoms with van der Waals surface area (Å²) in [6.45, 7) is 2.72. The molecular formula is C18H21NO. The lowest BCUT2D eigenvalue weighted by molar-refractivity contribution is 0.0549. The van der Waals surface area contributed by atoms with E-state index in [2.05, 4.69) is 53.4 Å². The predicted octanol–water partition coefficient (Wildman–Crippen LogP) is 3.04. The quantitative estimate of drug-likeness (QED) is 0.924. The summed E-state index contributed by atoms with van der Waals surface area (Å²) in [5, 5.41) is 10.1. The van der Waals surface area contributed by atoms with E-state index < -0.39 is 0 Å². The van der Waals surface area contributed by atoms with Gasteiger partial charge < -0.3 is 5.11 Å². The fraction of sp³-hybridized carbons (Fsp3) is 0.333. The van der Waals surface area contributed by atoms with Gasteiger partial charge >= 0.3 is 0 Å². The second kappa shape index (κ2) is 6.21. The summed E-state index contributed by atoms with van der Waals surface area (Å²) in [4.78, 5) is 2.36. The van der Waals surface area contributed by atoms with Crippen molar-refractivity contribution in [1.29, 1.82) is 0 Å². The molecule has 1 aliphatic rings. The summed E-state index contributed by atoms with van der Waals surface area (Å²) < 4.78 is 0. The molecule has 1 saturated heterocycles. The monoisotopic (exact) mass is 267 g/mol. The highest BCUT2D eigenvalue weighted by Crippen LogP contribution is 2.27. The second-order valence-electron chi connectivity index (χ2n) is 5.68. The Morgan fingerprint density at radius 1 is 0.900 bits per heavy atom. The number of aliphatic hydroxyl groups excluding tert-OH is 1. The Morgan fingerprint density at radius 3 is 2.25 bits per heavy atom. The van der Waals surface area contributed by atoms with E-state index in [4.69, 9.17) is 0 Å². The van der Waals surface area contributed by atoms with Gasteiger partial charge in [-0.05, 0) is 23.5 Å². The number of rotatable bonds is 3. The molecule has 0 saturated carbocycles. The Morgan fingerprint density at radius 2 is 1.55 bits per heavy atom. The van der Waals surface area contributed by atoms with E-state index in [-0.39, 0.29) is 6.10 Å². The first-order valence-corrected chi connectivity index (χ1v) is 7.30. The van der Waals surface area contributed by atoms with Crippen LogP contribution in [0.25, 0.3) is 0 Å². The van der Waals surface area contributed by atoms with Crippen molar-refractivity contribution in [3.8, 4) is 0 Å². The Hall–Kier alpha value is -1.64. The third kappa shape index (κ3) is 3.27. The molecule has 20 heavy (non-hydrogen) atoms. The Balaban J connectivity index is 1.70. The van der Waals surface area contributed by atoms with Crippen molar-refractivity contribution in [1.82, 2.24) is 4.90 Å². The maximum atomic E-state index is 10.1. The minimum Gasteiger partial charge on any atom is -0.392 e. The molecule has 1 heterocycles. The van der Waals surface area contributed by atoms with E-state index in [9.17, 15) is 5.11 Å². The van der Waals surface area contributed by atoms with Gasteiger partial charge in [0.25, 0.3) is 0 Å². The molecule has 2 aromatic carbocycles. The first-order chi connectivity index (χ1) is 9.81. The SMILES string of the molecule is O[C@@H]1C[C@H](c2ccccc2)CN(Cc2ccccc2)C1. The maximum absolute atomic E-state index is 10.1. The van der Waals surface area contributed by atoms with Crippen LogP contribution >= 0.6 is 0 Å². The van der Waals surface area contributed by atoms with Gasteiger partial charge in [0.05, 0.1) is 6.10 Å². The van der Waals surface area contributed by atoms with Crippen molar-refractivity contribution in [2.45, 2.75) is 25.0 Å². The van der Waals surface area contributed by atoms with Crippen LogP contribution in [0.2, 0.25) is 0 Å². The van der Waals surface area contributed by atoms with Crippen LogP contribution < -0.4 is 0 Å². The summed E-state index contributed by atoms with van der Waals surface area (Å²) in [6.07, 6.45) is 0.646. The molecule has 2 nitrogen and oxygen atoms in total. The lowest BCUT2D eigenvalue weighted by atomic mass is 9.89. The average molecular weight is 267 g/mol. The average Bonchev–Trinajstić information content (AvgIpc) is 2.49. The van der Waals surface area contributed by atoms with Crippen LogP contribution in [0.4, 0.5) is 0 Å². The van der Waals surface area contributed by atoms with E-state index in [1.54, 1.807) is 0 Å². The highest BCUT2D eigenvalue weighted by Gasteiger charge is 2.26. The number of hydrogen-bond donors (Lipinski definition) is 1. The molecule has 1 fully saturated rings. The van der Waals surface area contributed by atoms with Crippen LogP contribution in [0.1, 0.15) is 23.5 Å². The number of piperidine rings is 1. The van der Waals surface area contributed by atoms with Crippen LogP contribution in [-0.4, -0.2) is 29.2 Å². The van der Waals surface area contributed by atoms with Crippen LogP contribution in [-0.2, 0) is 6.54 Å². The first-order valence-electron chi connectivity index (χ1n) is 7.30.